The third kappa shape index (κ3) is 3.60. The monoisotopic (exact) mass is 335 g/mol. The minimum atomic E-state index is 0.768. The van der Waals surface area contributed by atoms with E-state index >= 15 is 0 Å². The predicted molar refractivity (Wildman–Crippen MR) is 105 cm³/mol. The van der Waals surface area contributed by atoms with Crippen LogP contribution >= 0.6 is 11.8 Å². The highest BCUT2D eigenvalue weighted by Crippen LogP contribution is 2.24. The quantitative estimate of drug-likeness (QED) is 0.398. The Morgan fingerprint density at radius 3 is 2.46 bits per heavy atom. The average Bonchev–Trinajstić information content (AvgIpc) is 2.57. The largest absolute Gasteiger partial charge is 0.261 e. The molecule has 0 unspecified atom stereocenters. The summed E-state index contributed by atoms with van der Waals surface area (Å²) in [5.74, 6) is 0.768. The number of hydrazone groups is 1. The van der Waals surface area contributed by atoms with Gasteiger partial charge < -0.3 is 0 Å². The summed E-state index contributed by atoms with van der Waals surface area (Å²) in [5, 5.41) is 5.52. The highest BCUT2D eigenvalue weighted by atomic mass is 32.2. The molecule has 4 heteroatoms. The van der Waals surface area contributed by atoms with Crippen LogP contribution in [-0.2, 0) is 0 Å². The van der Waals surface area contributed by atoms with Crippen LogP contribution in [0.4, 0.5) is 5.82 Å². The normalized spacial score (nSPS) is 11.3. The van der Waals surface area contributed by atoms with Gasteiger partial charge in [-0.25, -0.2) is 4.98 Å². The number of fused-ring (bicyclic) bond motifs is 1. The van der Waals surface area contributed by atoms with E-state index in [1.807, 2.05) is 12.3 Å². The first-order chi connectivity index (χ1) is 11.6. The average molecular weight is 335 g/mol. The first-order valence-electron chi connectivity index (χ1n) is 7.88. The van der Waals surface area contributed by atoms with E-state index < -0.39 is 0 Å². The molecule has 0 bridgehead atoms. The van der Waals surface area contributed by atoms with E-state index in [2.05, 4.69) is 74.0 Å². The minimum Gasteiger partial charge on any atom is -0.261 e. The number of anilines is 1. The van der Waals surface area contributed by atoms with Crippen molar-refractivity contribution in [3.05, 3.63) is 64.7 Å². The summed E-state index contributed by atoms with van der Waals surface area (Å²) >= 11 is 1.73. The van der Waals surface area contributed by atoms with Crippen LogP contribution in [0.3, 0.4) is 0 Å². The topological polar surface area (TPSA) is 37.3 Å². The summed E-state index contributed by atoms with van der Waals surface area (Å²) < 4.78 is 0. The van der Waals surface area contributed by atoms with Crippen molar-refractivity contribution in [2.45, 2.75) is 25.7 Å². The molecule has 24 heavy (non-hydrogen) atoms. The molecule has 0 aliphatic rings. The zero-order chi connectivity index (χ0) is 17.1. The van der Waals surface area contributed by atoms with E-state index in [9.17, 15) is 0 Å². The van der Waals surface area contributed by atoms with Gasteiger partial charge in [-0.3, -0.25) is 5.43 Å². The zero-order valence-electron chi connectivity index (χ0n) is 14.4. The second-order valence-electron chi connectivity index (χ2n) is 5.95. The van der Waals surface area contributed by atoms with Crippen LogP contribution < -0.4 is 5.43 Å². The smallest absolute Gasteiger partial charge is 0.147 e. The number of thioether (sulfide) groups is 1. The number of aryl methyl sites for hydroxylation is 3. The minimum absolute atomic E-state index is 0.768. The van der Waals surface area contributed by atoms with Crippen molar-refractivity contribution < 1.29 is 0 Å². The van der Waals surface area contributed by atoms with Gasteiger partial charge in [0.2, 0.25) is 0 Å². The van der Waals surface area contributed by atoms with Crippen molar-refractivity contribution in [3.63, 3.8) is 0 Å². The fourth-order valence-corrected chi connectivity index (χ4v) is 3.17. The maximum Gasteiger partial charge on any atom is 0.147 e. The van der Waals surface area contributed by atoms with Gasteiger partial charge in [-0.2, -0.15) is 5.10 Å². The maximum absolute atomic E-state index is 4.71. The van der Waals surface area contributed by atoms with Crippen LogP contribution in [-0.4, -0.2) is 17.5 Å². The van der Waals surface area contributed by atoms with Crippen molar-refractivity contribution in [2.75, 3.05) is 11.7 Å². The second-order valence-corrected chi connectivity index (χ2v) is 6.83. The van der Waals surface area contributed by atoms with Gasteiger partial charge in [0, 0.05) is 10.3 Å². The Morgan fingerprint density at radius 1 is 1.00 bits per heavy atom. The van der Waals surface area contributed by atoms with Gasteiger partial charge in [0.25, 0.3) is 0 Å². The molecule has 1 aromatic heterocycles. The van der Waals surface area contributed by atoms with Crippen LogP contribution in [0.25, 0.3) is 10.9 Å². The van der Waals surface area contributed by atoms with Gasteiger partial charge in [0.05, 0.1) is 11.7 Å². The molecule has 1 heterocycles. The van der Waals surface area contributed by atoms with Crippen LogP contribution in [0.1, 0.15) is 22.3 Å². The lowest BCUT2D eigenvalue weighted by atomic mass is 10.0. The molecule has 0 atom stereocenters. The Kier molecular flexibility index (Phi) is 4.86. The molecule has 2 aromatic carbocycles. The van der Waals surface area contributed by atoms with Crippen molar-refractivity contribution >= 4 is 34.7 Å². The lowest BCUT2D eigenvalue weighted by molar-refractivity contribution is 1.24. The summed E-state index contributed by atoms with van der Waals surface area (Å²) in [4.78, 5) is 5.95. The van der Waals surface area contributed by atoms with Crippen LogP contribution in [0, 0.1) is 20.8 Å². The van der Waals surface area contributed by atoms with E-state index in [4.69, 9.17) is 4.98 Å². The molecule has 0 saturated heterocycles. The number of hydrogen-bond donors (Lipinski definition) is 1. The Balaban J connectivity index is 1.83. The summed E-state index contributed by atoms with van der Waals surface area (Å²) in [6, 6.07) is 14.7. The summed E-state index contributed by atoms with van der Waals surface area (Å²) in [6.45, 7) is 6.33. The molecule has 0 aliphatic carbocycles. The molecule has 0 aliphatic heterocycles. The van der Waals surface area contributed by atoms with Gasteiger partial charge >= 0.3 is 0 Å². The van der Waals surface area contributed by atoms with Crippen LogP contribution in [0.5, 0.6) is 0 Å². The molecule has 3 nitrogen and oxygen atoms in total. The van der Waals surface area contributed by atoms with Crippen molar-refractivity contribution in [2.24, 2.45) is 5.10 Å². The number of nitrogens with one attached hydrogen (secondary N) is 1. The fraction of sp³-hybridized carbons (Fsp3) is 0.200. The summed E-state index contributed by atoms with van der Waals surface area (Å²) in [5.41, 5.74) is 8.79. The van der Waals surface area contributed by atoms with Crippen molar-refractivity contribution in [1.29, 1.82) is 0 Å². The zero-order valence-corrected chi connectivity index (χ0v) is 15.2. The second kappa shape index (κ2) is 7.05. The summed E-state index contributed by atoms with van der Waals surface area (Å²) in [6.07, 6.45) is 3.88. The third-order valence-corrected chi connectivity index (χ3v) is 4.71. The SMILES string of the molecule is CSc1ccc(C=NNc2cc(C)c3cc(C)cc(C)c3n2)cc1. The molecule has 122 valence electrons. The van der Waals surface area contributed by atoms with Gasteiger partial charge in [0.1, 0.15) is 5.82 Å². The number of pyridine rings is 1. The molecule has 0 amide bonds. The fourth-order valence-electron chi connectivity index (χ4n) is 2.76. The third-order valence-electron chi connectivity index (χ3n) is 3.96. The first-order valence-corrected chi connectivity index (χ1v) is 9.11. The van der Waals surface area contributed by atoms with Gasteiger partial charge in [0.15, 0.2) is 0 Å². The molecular weight excluding hydrogens is 314 g/mol. The number of aromatic nitrogens is 1. The highest BCUT2D eigenvalue weighted by Gasteiger charge is 2.05. The van der Waals surface area contributed by atoms with E-state index in [0.717, 1.165) is 16.9 Å². The van der Waals surface area contributed by atoms with Crippen LogP contribution in [0.2, 0.25) is 0 Å². The molecule has 3 aromatic rings. The molecular formula is C20H21N3S. The lowest BCUT2D eigenvalue weighted by Crippen LogP contribution is -1.97. The van der Waals surface area contributed by atoms with E-state index in [-0.39, 0.29) is 0 Å². The Morgan fingerprint density at radius 2 is 1.75 bits per heavy atom. The van der Waals surface area contributed by atoms with Gasteiger partial charge in [-0.05, 0) is 68.0 Å². The number of hydrogen-bond acceptors (Lipinski definition) is 4. The molecule has 0 spiro atoms. The predicted octanol–water partition coefficient (Wildman–Crippen LogP) is 5.33. The van der Waals surface area contributed by atoms with E-state index in [1.54, 1.807) is 11.8 Å². The number of benzene rings is 2. The first kappa shape index (κ1) is 16.5. The highest BCUT2D eigenvalue weighted by molar-refractivity contribution is 7.98. The van der Waals surface area contributed by atoms with E-state index in [0.29, 0.717) is 0 Å². The van der Waals surface area contributed by atoms with Crippen molar-refractivity contribution in [1.82, 2.24) is 4.98 Å². The van der Waals surface area contributed by atoms with Gasteiger partial charge in [-0.15, -0.1) is 11.8 Å². The molecule has 0 saturated carbocycles. The Hall–Kier alpha value is -2.33. The van der Waals surface area contributed by atoms with Crippen LogP contribution in [0.15, 0.2) is 52.5 Å². The standard InChI is InChI=1S/C20H21N3S/c1-13-9-15(3)20-18(10-13)14(2)11-19(22-20)23-21-12-16-5-7-17(24-4)8-6-16/h5-12H,1-4H3,(H,22,23). The van der Waals surface area contributed by atoms with Crippen molar-refractivity contribution in [3.8, 4) is 0 Å². The maximum atomic E-state index is 4.71. The Bertz CT molecular complexity index is 899. The molecule has 0 radical (unpaired) electrons. The number of nitrogens with zero attached hydrogens (tertiary/aromatic N) is 2. The summed E-state index contributed by atoms with van der Waals surface area (Å²) in [7, 11) is 0. The van der Waals surface area contributed by atoms with E-state index in [1.165, 1.54) is 27.0 Å². The number of rotatable bonds is 4. The Labute approximate surface area is 147 Å². The molecule has 0 fully saturated rings. The van der Waals surface area contributed by atoms with Gasteiger partial charge in [-0.1, -0.05) is 23.8 Å². The molecule has 3 rings (SSSR count). The molecule has 1 N–H and O–H groups in total. The lowest BCUT2D eigenvalue weighted by Gasteiger charge is -2.09.